The van der Waals surface area contributed by atoms with Gasteiger partial charge in [-0.2, -0.15) is 0 Å². The van der Waals surface area contributed by atoms with Crippen molar-refractivity contribution in [1.82, 2.24) is 14.9 Å². The monoisotopic (exact) mass is 497 g/mol. The van der Waals surface area contributed by atoms with E-state index in [-0.39, 0.29) is 0 Å². The van der Waals surface area contributed by atoms with Crippen LogP contribution in [-0.4, -0.2) is 29.0 Å². The summed E-state index contributed by atoms with van der Waals surface area (Å²) >= 11 is 0. The van der Waals surface area contributed by atoms with Crippen molar-refractivity contribution >= 4 is 17.3 Å². The number of nitrogens with zero attached hydrogens (tertiary/aromatic N) is 3. The van der Waals surface area contributed by atoms with Crippen LogP contribution in [0, 0.1) is 6.92 Å². The molecule has 0 saturated carbocycles. The molecule has 0 aliphatic carbocycles. The molecule has 2 aromatic carbocycles. The van der Waals surface area contributed by atoms with Crippen molar-refractivity contribution in [2.24, 2.45) is 5.73 Å². The Kier molecular flexibility index (Phi) is 9.90. The third-order valence-corrected chi connectivity index (χ3v) is 6.41. The summed E-state index contributed by atoms with van der Waals surface area (Å²) in [4.78, 5) is 11.4. The molecule has 0 unspecified atom stereocenters. The molecule has 1 heterocycles. The zero-order valence-corrected chi connectivity index (χ0v) is 22.9. The fourth-order valence-corrected chi connectivity index (χ4v) is 4.16. The highest BCUT2D eigenvalue weighted by Crippen LogP contribution is 2.27. The van der Waals surface area contributed by atoms with Gasteiger partial charge in [0.1, 0.15) is 5.75 Å². The highest BCUT2D eigenvalue weighted by Gasteiger charge is 2.16. The lowest BCUT2D eigenvalue weighted by Gasteiger charge is -2.22. The van der Waals surface area contributed by atoms with Gasteiger partial charge in [0.2, 0.25) is 5.95 Å². The van der Waals surface area contributed by atoms with Gasteiger partial charge in [-0.3, -0.25) is 0 Å². The van der Waals surface area contributed by atoms with Crippen LogP contribution in [0.5, 0.6) is 5.75 Å². The third kappa shape index (κ3) is 7.00. The quantitative estimate of drug-likeness (QED) is 0.292. The van der Waals surface area contributed by atoms with Crippen molar-refractivity contribution in [2.45, 2.75) is 47.1 Å². The van der Waals surface area contributed by atoms with E-state index in [1.165, 1.54) is 16.7 Å². The molecule has 6 nitrogen and oxygen atoms in total. The van der Waals surface area contributed by atoms with Crippen LogP contribution in [0.4, 0.5) is 5.95 Å². The van der Waals surface area contributed by atoms with Gasteiger partial charge in [-0.1, -0.05) is 67.5 Å². The van der Waals surface area contributed by atoms with Crippen LogP contribution in [0.2, 0.25) is 0 Å². The first-order valence-corrected chi connectivity index (χ1v) is 12.8. The normalized spacial score (nSPS) is 12.4. The second kappa shape index (κ2) is 13.3. The Hall–Kier alpha value is -4.06. The van der Waals surface area contributed by atoms with Gasteiger partial charge in [0, 0.05) is 31.6 Å². The van der Waals surface area contributed by atoms with Crippen LogP contribution >= 0.6 is 0 Å². The van der Waals surface area contributed by atoms with E-state index >= 15 is 0 Å². The van der Waals surface area contributed by atoms with E-state index in [2.05, 4.69) is 68.3 Å². The third-order valence-electron chi connectivity index (χ3n) is 6.41. The van der Waals surface area contributed by atoms with E-state index in [0.29, 0.717) is 18.2 Å². The van der Waals surface area contributed by atoms with Crippen LogP contribution in [0.3, 0.4) is 0 Å². The molecule has 37 heavy (non-hydrogen) atoms. The lowest BCUT2D eigenvalue weighted by molar-refractivity contribution is 0.409. The number of nitrogens with two attached hydrogens (primary N) is 1. The molecule has 0 aliphatic heterocycles. The van der Waals surface area contributed by atoms with Crippen molar-refractivity contribution in [3.05, 3.63) is 107 Å². The van der Waals surface area contributed by atoms with Crippen molar-refractivity contribution in [1.29, 1.82) is 0 Å². The van der Waals surface area contributed by atoms with Crippen molar-refractivity contribution < 1.29 is 4.74 Å². The minimum Gasteiger partial charge on any atom is -0.496 e. The SMILES string of the molecule is C/C=C(\C=C/N(C)/C(=C(\N)c1ccc(C)cc1)c1ccnc(NCc2c(CC)cccc2OC)n1)CC. The fraction of sp³-hybridized carbons (Fsp3) is 0.290. The number of aromatic nitrogens is 2. The largest absolute Gasteiger partial charge is 0.496 e. The maximum atomic E-state index is 6.78. The molecule has 0 fully saturated rings. The Labute approximate surface area is 221 Å². The molecule has 0 radical (unpaired) electrons. The minimum atomic E-state index is 0.528. The summed E-state index contributed by atoms with van der Waals surface area (Å²) in [6.07, 6.45) is 9.89. The summed E-state index contributed by atoms with van der Waals surface area (Å²) in [6.45, 7) is 8.96. The smallest absolute Gasteiger partial charge is 0.223 e. The zero-order valence-electron chi connectivity index (χ0n) is 22.9. The lowest BCUT2D eigenvalue weighted by Crippen LogP contribution is -2.17. The predicted octanol–water partition coefficient (Wildman–Crippen LogP) is 6.55. The van der Waals surface area contributed by atoms with Crippen LogP contribution in [0.25, 0.3) is 11.4 Å². The molecule has 0 aliphatic rings. The van der Waals surface area contributed by atoms with Crippen molar-refractivity contribution in [3.63, 3.8) is 0 Å². The van der Waals surface area contributed by atoms with Crippen LogP contribution in [0.15, 0.2) is 78.7 Å². The van der Waals surface area contributed by atoms with Gasteiger partial charge in [-0.15, -0.1) is 0 Å². The predicted molar refractivity (Wildman–Crippen MR) is 155 cm³/mol. The average molecular weight is 498 g/mol. The van der Waals surface area contributed by atoms with E-state index in [4.69, 9.17) is 15.5 Å². The first-order chi connectivity index (χ1) is 17.9. The van der Waals surface area contributed by atoms with Gasteiger partial charge in [-0.05, 0) is 56.0 Å². The van der Waals surface area contributed by atoms with Gasteiger partial charge in [0.15, 0.2) is 0 Å². The summed E-state index contributed by atoms with van der Waals surface area (Å²) in [5, 5.41) is 3.39. The standard InChI is InChI=1S/C31H39N5O/c1-7-23(8-2)18-20-36(5)30(29(32)25-15-13-22(4)14-16-25)27-17-19-33-31(35-27)34-21-26-24(9-3)11-10-12-28(26)37-6/h7,10-20H,8-9,21,32H2,1-6H3,(H,33,34,35)/b20-18-,23-7-,30-29-. The number of rotatable bonds is 11. The number of methoxy groups -OCH3 is 1. The number of hydrogen-bond donors (Lipinski definition) is 2. The molecule has 194 valence electrons. The molecular weight excluding hydrogens is 458 g/mol. The molecule has 0 saturated heterocycles. The first-order valence-electron chi connectivity index (χ1n) is 12.8. The van der Waals surface area contributed by atoms with Crippen LogP contribution in [0.1, 0.15) is 55.1 Å². The van der Waals surface area contributed by atoms with Gasteiger partial charge in [0.05, 0.1) is 24.2 Å². The molecule has 3 rings (SSSR count). The Balaban J connectivity index is 2.00. The summed E-state index contributed by atoms with van der Waals surface area (Å²) in [6, 6.07) is 16.2. The molecule has 0 amide bonds. The van der Waals surface area contributed by atoms with E-state index < -0.39 is 0 Å². The number of nitrogens with one attached hydrogen (secondary N) is 1. The van der Waals surface area contributed by atoms with E-state index in [0.717, 1.165) is 41.1 Å². The summed E-state index contributed by atoms with van der Waals surface area (Å²) in [5.41, 5.74) is 14.7. The number of anilines is 1. The van der Waals surface area contributed by atoms with Gasteiger partial charge in [0.25, 0.3) is 0 Å². The average Bonchev–Trinajstić information content (AvgIpc) is 2.92. The minimum absolute atomic E-state index is 0.528. The molecule has 0 bridgehead atoms. The maximum absolute atomic E-state index is 6.78. The summed E-state index contributed by atoms with van der Waals surface area (Å²) in [5.74, 6) is 1.38. The Morgan fingerprint density at radius 2 is 1.86 bits per heavy atom. The zero-order chi connectivity index (χ0) is 26.8. The Bertz CT molecular complexity index is 1250. The van der Waals surface area contributed by atoms with Crippen LogP contribution in [-0.2, 0) is 13.0 Å². The molecule has 3 N–H and O–H groups in total. The number of allylic oxidation sites excluding steroid dienone is 3. The van der Waals surface area contributed by atoms with E-state index in [1.54, 1.807) is 13.3 Å². The van der Waals surface area contributed by atoms with Crippen molar-refractivity contribution in [2.75, 3.05) is 19.5 Å². The Morgan fingerprint density at radius 3 is 2.51 bits per heavy atom. The highest BCUT2D eigenvalue weighted by atomic mass is 16.5. The summed E-state index contributed by atoms with van der Waals surface area (Å²) < 4.78 is 5.60. The molecule has 0 atom stereocenters. The highest BCUT2D eigenvalue weighted by molar-refractivity contribution is 5.87. The molecule has 3 aromatic rings. The lowest BCUT2D eigenvalue weighted by atomic mass is 10.0. The van der Waals surface area contributed by atoms with Gasteiger partial charge < -0.3 is 20.7 Å². The number of benzene rings is 2. The number of aryl methyl sites for hydroxylation is 2. The molecule has 0 spiro atoms. The maximum Gasteiger partial charge on any atom is 0.223 e. The summed E-state index contributed by atoms with van der Waals surface area (Å²) in [7, 11) is 3.69. The van der Waals surface area contributed by atoms with Gasteiger partial charge in [-0.25, -0.2) is 9.97 Å². The van der Waals surface area contributed by atoms with Crippen molar-refractivity contribution in [3.8, 4) is 5.75 Å². The second-order valence-corrected chi connectivity index (χ2v) is 8.84. The number of ether oxygens (including phenoxy) is 1. The van der Waals surface area contributed by atoms with E-state index in [9.17, 15) is 0 Å². The second-order valence-electron chi connectivity index (χ2n) is 8.84. The van der Waals surface area contributed by atoms with E-state index in [1.807, 2.05) is 48.5 Å². The topological polar surface area (TPSA) is 76.3 Å². The van der Waals surface area contributed by atoms with Crippen LogP contribution < -0.4 is 15.8 Å². The first kappa shape index (κ1) is 27.5. The van der Waals surface area contributed by atoms with Gasteiger partial charge >= 0.3 is 0 Å². The molecule has 6 heteroatoms. The molecular formula is C31H39N5O. The fourth-order valence-electron chi connectivity index (χ4n) is 4.16. The Morgan fingerprint density at radius 1 is 1.11 bits per heavy atom. The number of hydrogen-bond acceptors (Lipinski definition) is 6. The molecule has 1 aromatic heterocycles.